The van der Waals surface area contributed by atoms with Gasteiger partial charge in [-0.05, 0) is 36.4 Å². The van der Waals surface area contributed by atoms with Gasteiger partial charge in [-0.25, -0.2) is 4.79 Å². The highest BCUT2D eigenvalue weighted by Gasteiger charge is 2.11. The summed E-state index contributed by atoms with van der Waals surface area (Å²) in [5, 5.41) is 14.4. The fourth-order valence-electron chi connectivity index (χ4n) is 1.89. The van der Waals surface area contributed by atoms with Gasteiger partial charge >= 0.3 is 5.97 Å². The number of carboxylic acid groups (broad SMARTS) is 1. The van der Waals surface area contributed by atoms with Gasteiger partial charge in [-0.15, -0.1) is 11.3 Å². The van der Waals surface area contributed by atoms with E-state index in [2.05, 4.69) is 28.7 Å². The molecule has 0 saturated carbocycles. The van der Waals surface area contributed by atoms with Crippen LogP contribution in [0, 0.1) is 6.92 Å². The van der Waals surface area contributed by atoms with Crippen LogP contribution in [0.2, 0.25) is 0 Å². The second-order valence-electron chi connectivity index (χ2n) is 4.25. The Morgan fingerprint density at radius 1 is 1.53 bits per heavy atom. The summed E-state index contributed by atoms with van der Waals surface area (Å²) in [4.78, 5) is 16.4. The van der Waals surface area contributed by atoms with Crippen LogP contribution < -0.4 is 5.32 Å². The third-order valence-electron chi connectivity index (χ3n) is 2.93. The van der Waals surface area contributed by atoms with Gasteiger partial charge in [-0.1, -0.05) is 6.92 Å². The number of nitrogens with one attached hydrogen (secondary N) is 1. The number of hydrogen-bond acceptors (Lipinski definition) is 4. The third-order valence-corrected chi connectivity index (χ3v) is 3.89. The lowest BCUT2D eigenvalue weighted by molar-refractivity contribution is 0.0697. The van der Waals surface area contributed by atoms with Gasteiger partial charge < -0.3 is 10.4 Å². The van der Waals surface area contributed by atoms with Crippen molar-refractivity contribution in [3.8, 4) is 0 Å². The van der Waals surface area contributed by atoms with Gasteiger partial charge in [0, 0.05) is 23.3 Å². The van der Waals surface area contributed by atoms with E-state index in [-0.39, 0.29) is 5.56 Å². The molecule has 0 aliphatic heterocycles. The fourth-order valence-corrected chi connectivity index (χ4v) is 2.80. The largest absolute Gasteiger partial charge is 0.478 e. The maximum absolute atomic E-state index is 11.1. The predicted molar refractivity (Wildman–Crippen MR) is 77.0 cm³/mol. The molecule has 0 fully saturated rings. The lowest BCUT2D eigenvalue weighted by atomic mass is 10.2. The first-order valence-electron chi connectivity index (χ1n) is 6.11. The van der Waals surface area contributed by atoms with E-state index in [1.165, 1.54) is 16.6 Å². The van der Waals surface area contributed by atoms with E-state index in [0.717, 1.165) is 12.1 Å². The van der Waals surface area contributed by atoms with Crippen molar-refractivity contribution in [2.45, 2.75) is 26.8 Å². The number of carboxylic acids is 1. The SMILES string of the molecule is CCc1ccsc1CNc1cc(C)ncc1C(=O)O. The first-order chi connectivity index (χ1) is 9.11. The second-order valence-corrected chi connectivity index (χ2v) is 5.25. The molecular weight excluding hydrogens is 260 g/mol. The van der Waals surface area contributed by atoms with Crippen molar-refractivity contribution in [2.24, 2.45) is 0 Å². The minimum atomic E-state index is -0.961. The second kappa shape index (κ2) is 5.84. The van der Waals surface area contributed by atoms with Crippen molar-refractivity contribution in [1.82, 2.24) is 4.98 Å². The van der Waals surface area contributed by atoms with E-state index >= 15 is 0 Å². The average Bonchev–Trinajstić information content (AvgIpc) is 2.83. The molecule has 0 atom stereocenters. The van der Waals surface area contributed by atoms with Crippen molar-refractivity contribution < 1.29 is 9.90 Å². The van der Waals surface area contributed by atoms with Crippen molar-refractivity contribution in [2.75, 3.05) is 5.32 Å². The van der Waals surface area contributed by atoms with Crippen LogP contribution in [0.15, 0.2) is 23.7 Å². The van der Waals surface area contributed by atoms with E-state index in [0.29, 0.717) is 12.2 Å². The van der Waals surface area contributed by atoms with E-state index in [1.807, 2.05) is 6.92 Å². The Labute approximate surface area is 116 Å². The third kappa shape index (κ3) is 3.12. The smallest absolute Gasteiger partial charge is 0.339 e. The van der Waals surface area contributed by atoms with Crippen LogP contribution >= 0.6 is 11.3 Å². The summed E-state index contributed by atoms with van der Waals surface area (Å²) in [6.45, 7) is 4.61. The summed E-state index contributed by atoms with van der Waals surface area (Å²) in [5.74, 6) is -0.961. The molecule has 0 saturated heterocycles. The molecule has 2 aromatic heterocycles. The summed E-state index contributed by atoms with van der Waals surface area (Å²) in [6, 6.07) is 3.88. The normalized spacial score (nSPS) is 10.4. The predicted octanol–water partition coefficient (Wildman–Crippen LogP) is 3.32. The molecule has 0 aliphatic carbocycles. The van der Waals surface area contributed by atoms with Crippen LogP contribution in [0.5, 0.6) is 0 Å². The number of hydrogen-bond donors (Lipinski definition) is 2. The lowest BCUT2D eigenvalue weighted by Gasteiger charge is -2.10. The van der Waals surface area contributed by atoms with Crippen LogP contribution in [-0.4, -0.2) is 16.1 Å². The molecule has 0 amide bonds. The van der Waals surface area contributed by atoms with Crippen LogP contribution in [0.25, 0.3) is 0 Å². The average molecular weight is 276 g/mol. The molecule has 4 nitrogen and oxygen atoms in total. The van der Waals surface area contributed by atoms with Crippen molar-refractivity contribution in [3.05, 3.63) is 45.4 Å². The van der Waals surface area contributed by atoms with Crippen LogP contribution in [0.4, 0.5) is 5.69 Å². The van der Waals surface area contributed by atoms with Gasteiger partial charge in [0.25, 0.3) is 0 Å². The first kappa shape index (κ1) is 13.5. The zero-order valence-electron chi connectivity index (χ0n) is 10.9. The molecule has 2 aromatic rings. The molecule has 100 valence electrons. The highest BCUT2D eigenvalue weighted by Crippen LogP contribution is 2.21. The Kier molecular flexibility index (Phi) is 4.16. The maximum atomic E-state index is 11.1. The molecule has 19 heavy (non-hydrogen) atoms. The molecule has 2 rings (SSSR count). The highest BCUT2D eigenvalue weighted by molar-refractivity contribution is 7.10. The molecular formula is C14H16N2O2S. The number of carbonyl (C=O) groups is 1. The van der Waals surface area contributed by atoms with Gasteiger partial charge in [-0.3, -0.25) is 4.98 Å². The van der Waals surface area contributed by atoms with Crippen molar-refractivity contribution in [1.29, 1.82) is 0 Å². The summed E-state index contributed by atoms with van der Waals surface area (Å²) >= 11 is 1.69. The molecule has 0 bridgehead atoms. The van der Waals surface area contributed by atoms with Crippen LogP contribution in [0.1, 0.15) is 33.4 Å². The van der Waals surface area contributed by atoms with Gasteiger partial charge in [-0.2, -0.15) is 0 Å². The monoisotopic (exact) mass is 276 g/mol. The van der Waals surface area contributed by atoms with Crippen molar-refractivity contribution in [3.63, 3.8) is 0 Å². The molecule has 0 aromatic carbocycles. The lowest BCUT2D eigenvalue weighted by Crippen LogP contribution is -2.07. The number of aromatic carboxylic acids is 1. The number of anilines is 1. The topological polar surface area (TPSA) is 62.2 Å². The number of pyridine rings is 1. The van der Waals surface area contributed by atoms with E-state index in [4.69, 9.17) is 5.11 Å². The Bertz CT molecular complexity index is 593. The maximum Gasteiger partial charge on any atom is 0.339 e. The summed E-state index contributed by atoms with van der Waals surface area (Å²) in [6.07, 6.45) is 2.39. The number of thiophene rings is 1. The molecule has 0 spiro atoms. The van der Waals surface area contributed by atoms with Crippen LogP contribution in [0.3, 0.4) is 0 Å². The number of aromatic nitrogens is 1. The summed E-state index contributed by atoms with van der Waals surface area (Å²) in [5.41, 5.74) is 2.94. The molecule has 2 heterocycles. The summed E-state index contributed by atoms with van der Waals surface area (Å²) in [7, 11) is 0. The number of aryl methyl sites for hydroxylation is 2. The standard InChI is InChI=1S/C14H16N2O2S/c1-3-10-4-5-19-13(10)8-16-12-6-9(2)15-7-11(12)14(17)18/h4-7H,3,8H2,1-2H3,(H,15,16)(H,17,18). The van der Waals surface area contributed by atoms with E-state index in [1.54, 1.807) is 17.4 Å². The zero-order valence-corrected chi connectivity index (χ0v) is 11.8. The molecule has 0 unspecified atom stereocenters. The molecule has 5 heteroatoms. The number of nitrogens with zero attached hydrogens (tertiary/aromatic N) is 1. The van der Waals surface area contributed by atoms with E-state index in [9.17, 15) is 4.79 Å². The Morgan fingerprint density at radius 2 is 2.32 bits per heavy atom. The fraction of sp³-hybridized carbons (Fsp3) is 0.286. The first-order valence-corrected chi connectivity index (χ1v) is 6.98. The minimum Gasteiger partial charge on any atom is -0.478 e. The Balaban J connectivity index is 2.19. The van der Waals surface area contributed by atoms with Crippen molar-refractivity contribution >= 4 is 23.0 Å². The molecule has 0 aliphatic rings. The van der Waals surface area contributed by atoms with Gasteiger partial charge in [0.15, 0.2) is 0 Å². The van der Waals surface area contributed by atoms with Gasteiger partial charge in [0.2, 0.25) is 0 Å². The molecule has 0 radical (unpaired) electrons. The Morgan fingerprint density at radius 3 is 3.00 bits per heavy atom. The van der Waals surface area contributed by atoms with Crippen LogP contribution in [-0.2, 0) is 13.0 Å². The minimum absolute atomic E-state index is 0.209. The van der Waals surface area contributed by atoms with E-state index < -0.39 is 5.97 Å². The quantitative estimate of drug-likeness (QED) is 0.879. The summed E-state index contributed by atoms with van der Waals surface area (Å²) < 4.78 is 0. The highest BCUT2D eigenvalue weighted by atomic mass is 32.1. The molecule has 2 N–H and O–H groups in total. The Hall–Kier alpha value is -1.88. The van der Waals surface area contributed by atoms with Gasteiger partial charge in [0.1, 0.15) is 5.56 Å². The van der Waals surface area contributed by atoms with Gasteiger partial charge in [0.05, 0.1) is 5.69 Å². The number of rotatable bonds is 5. The zero-order chi connectivity index (χ0) is 13.8.